The van der Waals surface area contributed by atoms with E-state index in [2.05, 4.69) is 10.3 Å². The number of ether oxygens (including phenoxy) is 1. The number of amides is 2. The third-order valence-electron chi connectivity index (χ3n) is 3.37. The molecular formula is C19H13ClN2O4S. The van der Waals surface area contributed by atoms with E-state index in [9.17, 15) is 14.4 Å². The lowest BCUT2D eigenvalue weighted by molar-refractivity contribution is -0.117. The van der Waals surface area contributed by atoms with Crippen LogP contribution >= 0.6 is 23.4 Å². The van der Waals surface area contributed by atoms with E-state index in [0.717, 1.165) is 17.3 Å². The fraction of sp³-hybridized carbons (Fsp3) is 0.0526. The summed E-state index contributed by atoms with van der Waals surface area (Å²) in [5, 5.41) is 3.28. The van der Waals surface area contributed by atoms with E-state index in [1.807, 2.05) is 0 Å². The number of nitrogens with one attached hydrogen (secondary N) is 1. The maximum Gasteiger partial charge on any atom is 0.343 e. The number of amidine groups is 1. The van der Waals surface area contributed by atoms with Gasteiger partial charge in [0.2, 0.25) is 5.91 Å². The highest BCUT2D eigenvalue weighted by Crippen LogP contribution is 2.28. The van der Waals surface area contributed by atoms with Crippen molar-refractivity contribution in [3.8, 4) is 5.75 Å². The quantitative estimate of drug-likeness (QED) is 0.482. The van der Waals surface area contributed by atoms with Gasteiger partial charge in [0.15, 0.2) is 5.17 Å². The van der Waals surface area contributed by atoms with Crippen LogP contribution in [0.3, 0.4) is 0 Å². The first-order chi connectivity index (χ1) is 12.9. The number of thioether (sulfide) groups is 1. The van der Waals surface area contributed by atoms with Crippen molar-refractivity contribution in [1.29, 1.82) is 0 Å². The van der Waals surface area contributed by atoms with Crippen LogP contribution < -0.4 is 10.1 Å². The van der Waals surface area contributed by atoms with Gasteiger partial charge in [0, 0.05) is 11.9 Å². The van der Waals surface area contributed by atoms with Crippen molar-refractivity contribution in [2.45, 2.75) is 6.92 Å². The van der Waals surface area contributed by atoms with E-state index < -0.39 is 11.9 Å². The van der Waals surface area contributed by atoms with E-state index in [-0.39, 0.29) is 11.1 Å². The molecule has 1 aliphatic rings. The Morgan fingerprint density at radius 2 is 1.78 bits per heavy atom. The molecule has 0 saturated carbocycles. The van der Waals surface area contributed by atoms with Crippen LogP contribution in [0.25, 0.3) is 6.08 Å². The third kappa shape index (κ3) is 5.06. The normalized spacial score (nSPS) is 14.8. The minimum absolute atomic E-state index is 0.257. The summed E-state index contributed by atoms with van der Waals surface area (Å²) < 4.78 is 5.30. The van der Waals surface area contributed by atoms with Gasteiger partial charge >= 0.3 is 5.97 Å². The van der Waals surface area contributed by atoms with Crippen molar-refractivity contribution in [1.82, 2.24) is 5.32 Å². The highest BCUT2D eigenvalue weighted by Gasteiger charge is 2.22. The van der Waals surface area contributed by atoms with Crippen LogP contribution in [0, 0.1) is 0 Å². The molecule has 2 aromatic carbocycles. The van der Waals surface area contributed by atoms with Crippen molar-refractivity contribution in [3.05, 3.63) is 69.6 Å². The second-order valence-electron chi connectivity index (χ2n) is 5.48. The summed E-state index contributed by atoms with van der Waals surface area (Å²) in [5.74, 6) is -0.825. The number of hydrogen-bond acceptors (Lipinski definition) is 5. The molecule has 27 heavy (non-hydrogen) atoms. The highest BCUT2D eigenvalue weighted by atomic mass is 35.5. The van der Waals surface area contributed by atoms with Gasteiger partial charge in [0.1, 0.15) is 5.75 Å². The number of aliphatic imine (C=N–C) groups is 1. The predicted molar refractivity (Wildman–Crippen MR) is 105 cm³/mol. The summed E-state index contributed by atoms with van der Waals surface area (Å²) in [6.07, 6.45) is 1.65. The van der Waals surface area contributed by atoms with Gasteiger partial charge in [0.25, 0.3) is 5.91 Å². The Hall–Kier alpha value is -2.90. The van der Waals surface area contributed by atoms with Crippen LogP contribution in [-0.4, -0.2) is 23.0 Å². The van der Waals surface area contributed by atoms with Gasteiger partial charge in [-0.15, -0.1) is 0 Å². The monoisotopic (exact) mass is 400 g/mol. The molecule has 1 N–H and O–H groups in total. The van der Waals surface area contributed by atoms with E-state index in [1.165, 1.54) is 6.92 Å². The number of benzene rings is 2. The number of carbonyl (C=O) groups is 3. The molecule has 0 saturated heterocycles. The number of nitrogens with zero attached hydrogens (tertiary/aromatic N) is 1. The lowest BCUT2D eigenvalue weighted by Gasteiger charge is -2.05. The van der Waals surface area contributed by atoms with E-state index in [0.29, 0.717) is 21.2 Å². The van der Waals surface area contributed by atoms with Gasteiger partial charge in [-0.05, 0) is 59.8 Å². The summed E-state index contributed by atoms with van der Waals surface area (Å²) in [7, 11) is 0. The van der Waals surface area contributed by atoms with E-state index >= 15 is 0 Å². The molecule has 0 aliphatic carbocycles. The standard InChI is InChI=1S/C19H13ClN2O4S/c1-11(23)21-19-22-17(24)16(27-19)10-12-2-8-15(9-3-12)26-18(25)13-4-6-14(20)7-5-13/h2-10H,1H3,(H,21,22,23,24)/b16-10-. The fourth-order valence-corrected chi connectivity index (χ4v) is 3.13. The molecule has 0 aromatic heterocycles. The highest BCUT2D eigenvalue weighted by molar-refractivity contribution is 8.18. The molecule has 2 amide bonds. The molecular weight excluding hydrogens is 388 g/mol. The molecule has 0 bridgehead atoms. The Kier molecular flexibility index (Phi) is 5.73. The van der Waals surface area contributed by atoms with Crippen LogP contribution in [-0.2, 0) is 9.59 Å². The van der Waals surface area contributed by atoms with Gasteiger partial charge in [-0.1, -0.05) is 23.7 Å². The third-order valence-corrected chi connectivity index (χ3v) is 4.52. The number of esters is 1. The van der Waals surface area contributed by atoms with Gasteiger partial charge < -0.3 is 10.1 Å². The summed E-state index contributed by atoms with van der Waals surface area (Å²) in [5.41, 5.74) is 1.12. The van der Waals surface area contributed by atoms with Crippen LogP contribution in [0.2, 0.25) is 5.02 Å². The number of rotatable bonds is 3. The molecule has 0 radical (unpaired) electrons. The first-order valence-corrected chi connectivity index (χ1v) is 8.98. The smallest absolute Gasteiger partial charge is 0.343 e. The second-order valence-corrected chi connectivity index (χ2v) is 6.95. The second kappa shape index (κ2) is 8.20. The van der Waals surface area contributed by atoms with Gasteiger partial charge in [0.05, 0.1) is 10.5 Å². The molecule has 0 spiro atoms. The van der Waals surface area contributed by atoms with E-state index in [4.69, 9.17) is 16.3 Å². The molecule has 6 nitrogen and oxygen atoms in total. The molecule has 1 aliphatic heterocycles. The summed E-state index contributed by atoms with van der Waals surface area (Å²) >= 11 is 6.88. The number of hydrogen-bond donors (Lipinski definition) is 1. The van der Waals surface area contributed by atoms with E-state index in [1.54, 1.807) is 54.6 Å². The molecule has 136 valence electrons. The van der Waals surface area contributed by atoms with Crippen molar-refractivity contribution in [3.63, 3.8) is 0 Å². The zero-order chi connectivity index (χ0) is 19.4. The Balaban J connectivity index is 1.65. The lowest BCUT2D eigenvalue weighted by Crippen LogP contribution is -2.23. The number of halogens is 1. The maximum absolute atomic E-state index is 12.1. The first-order valence-electron chi connectivity index (χ1n) is 7.79. The summed E-state index contributed by atoms with van der Waals surface area (Å²) in [6.45, 7) is 1.35. The minimum atomic E-state index is -0.493. The summed E-state index contributed by atoms with van der Waals surface area (Å²) in [6, 6.07) is 13.1. The Morgan fingerprint density at radius 1 is 1.11 bits per heavy atom. The molecule has 3 rings (SSSR count). The van der Waals surface area contributed by atoms with Crippen LogP contribution in [0.4, 0.5) is 0 Å². The molecule has 0 unspecified atom stereocenters. The lowest BCUT2D eigenvalue weighted by atomic mass is 10.2. The summed E-state index contributed by atoms with van der Waals surface area (Å²) in [4.78, 5) is 39.1. The Morgan fingerprint density at radius 3 is 2.41 bits per heavy atom. The average Bonchev–Trinajstić information content (AvgIpc) is 2.95. The Labute approximate surface area is 164 Å². The fourth-order valence-electron chi connectivity index (χ4n) is 2.15. The minimum Gasteiger partial charge on any atom is -0.423 e. The van der Waals surface area contributed by atoms with Gasteiger partial charge in [-0.2, -0.15) is 4.99 Å². The zero-order valence-corrected chi connectivity index (χ0v) is 15.6. The largest absolute Gasteiger partial charge is 0.423 e. The van der Waals surface area contributed by atoms with Gasteiger partial charge in [-0.25, -0.2) is 4.79 Å². The van der Waals surface area contributed by atoms with Gasteiger partial charge in [-0.3, -0.25) is 9.59 Å². The predicted octanol–water partition coefficient (Wildman–Crippen LogP) is 3.67. The SMILES string of the molecule is CC(=O)NC1=NC(=O)/C(=C/c2ccc(OC(=O)c3ccc(Cl)cc3)cc2)S1. The average molecular weight is 401 g/mol. The van der Waals surface area contributed by atoms with Crippen molar-refractivity contribution < 1.29 is 19.1 Å². The molecule has 1 heterocycles. The zero-order valence-electron chi connectivity index (χ0n) is 14.1. The number of carbonyl (C=O) groups excluding carboxylic acids is 3. The molecule has 8 heteroatoms. The first kappa shape index (κ1) is 18.9. The molecule has 0 atom stereocenters. The van der Waals surface area contributed by atoms with Crippen LogP contribution in [0.15, 0.2) is 58.4 Å². The van der Waals surface area contributed by atoms with Crippen molar-refractivity contribution in [2.24, 2.45) is 4.99 Å². The molecule has 2 aromatic rings. The van der Waals surface area contributed by atoms with Crippen molar-refractivity contribution >= 4 is 52.4 Å². The van der Waals surface area contributed by atoms with Crippen LogP contribution in [0.1, 0.15) is 22.8 Å². The van der Waals surface area contributed by atoms with Crippen molar-refractivity contribution in [2.75, 3.05) is 0 Å². The van der Waals surface area contributed by atoms with Crippen LogP contribution in [0.5, 0.6) is 5.75 Å². The topological polar surface area (TPSA) is 84.8 Å². The maximum atomic E-state index is 12.1. The Bertz CT molecular complexity index is 966. The molecule has 0 fully saturated rings.